The fourth-order valence-electron chi connectivity index (χ4n) is 13.9. The molecule has 0 fully saturated rings. The van der Waals surface area contributed by atoms with Gasteiger partial charge in [0.25, 0.3) is 0 Å². The Kier molecular flexibility index (Phi) is 15.3. The lowest BCUT2D eigenvalue weighted by Gasteiger charge is -2.24. The number of nitrogens with zero attached hydrogens (tertiary/aromatic N) is 14. The Bertz CT molecular complexity index is 6280. The van der Waals surface area contributed by atoms with Crippen molar-refractivity contribution in [1.29, 1.82) is 42.1 Å². The Morgan fingerprint density at radius 3 is 0.912 bits per heavy atom. The van der Waals surface area contributed by atoms with Gasteiger partial charge in [-0.2, -0.15) is 42.1 Å². The van der Waals surface area contributed by atoms with Crippen molar-refractivity contribution in [2.75, 3.05) is 0 Å². The molecule has 0 amide bonds. The lowest BCUT2D eigenvalue weighted by molar-refractivity contribution is 1.07. The van der Waals surface area contributed by atoms with Crippen LogP contribution in [0.25, 0.3) is 156 Å². The molecular formula is C88H44N14. The minimum Gasteiger partial charge on any atom is -0.309 e. The minimum absolute atomic E-state index is 0.324. The van der Waals surface area contributed by atoms with E-state index in [4.69, 9.17) is 19.9 Å². The van der Waals surface area contributed by atoms with Gasteiger partial charge in [0.15, 0.2) is 17.5 Å². The molecular weight excluding hydrogens is 1250 g/mol. The smallest absolute Gasteiger partial charge is 0.164 e. The van der Waals surface area contributed by atoms with E-state index in [1.54, 1.807) is 79.0 Å². The van der Waals surface area contributed by atoms with E-state index in [1.807, 2.05) is 146 Å². The van der Waals surface area contributed by atoms with Gasteiger partial charge < -0.3 is 9.13 Å². The summed E-state index contributed by atoms with van der Waals surface area (Å²) < 4.78 is 4.45. The fourth-order valence-corrected chi connectivity index (χ4v) is 13.9. The second-order valence-electron chi connectivity index (χ2n) is 24.2. The molecule has 0 bridgehead atoms. The Balaban J connectivity index is 1.07. The third-order valence-electron chi connectivity index (χ3n) is 18.5. The number of hydrogen-bond donors (Lipinski definition) is 0. The first-order valence-corrected chi connectivity index (χ1v) is 32.2. The van der Waals surface area contributed by atoms with Crippen molar-refractivity contribution in [3.8, 4) is 161 Å². The Morgan fingerprint density at radius 2 is 0.578 bits per heavy atom. The first-order chi connectivity index (χ1) is 50.2. The molecule has 4 heterocycles. The Hall–Kier alpha value is -15.7. The third-order valence-corrected chi connectivity index (χ3v) is 18.5. The molecule has 0 N–H and O–H groups in total. The molecule has 0 saturated heterocycles. The molecule has 0 aliphatic carbocycles. The van der Waals surface area contributed by atoms with Crippen LogP contribution in [0.2, 0.25) is 0 Å². The van der Waals surface area contributed by atoms with Crippen molar-refractivity contribution >= 4 is 43.6 Å². The molecule has 466 valence electrons. The van der Waals surface area contributed by atoms with Gasteiger partial charge in [-0.1, -0.05) is 140 Å². The highest BCUT2D eigenvalue weighted by Gasteiger charge is 2.29. The number of fused-ring (bicyclic) bond motifs is 6. The van der Waals surface area contributed by atoms with Gasteiger partial charge in [-0.3, -0.25) is 4.98 Å². The van der Waals surface area contributed by atoms with E-state index < -0.39 is 0 Å². The molecule has 0 spiro atoms. The van der Waals surface area contributed by atoms with Crippen LogP contribution in [0.4, 0.5) is 0 Å². The molecule has 0 saturated carbocycles. The van der Waals surface area contributed by atoms with Crippen molar-refractivity contribution in [2.45, 2.75) is 0 Å². The van der Waals surface area contributed by atoms with Crippen molar-refractivity contribution in [1.82, 2.24) is 29.1 Å². The molecule has 0 radical (unpaired) electrons. The molecule has 0 unspecified atom stereocenters. The van der Waals surface area contributed by atoms with E-state index in [0.29, 0.717) is 118 Å². The molecule has 0 aliphatic heterocycles. The number of benzene rings is 12. The Morgan fingerprint density at radius 1 is 0.245 bits per heavy atom. The summed E-state index contributed by atoms with van der Waals surface area (Å²) in [7, 11) is 0. The van der Waals surface area contributed by atoms with Gasteiger partial charge in [-0.25, -0.2) is 15.0 Å². The predicted molar refractivity (Wildman–Crippen MR) is 393 cm³/mol. The minimum atomic E-state index is 0.324. The first-order valence-electron chi connectivity index (χ1n) is 32.2. The van der Waals surface area contributed by atoms with Crippen LogP contribution in [-0.2, 0) is 0 Å². The van der Waals surface area contributed by atoms with Crippen LogP contribution in [0.15, 0.2) is 267 Å². The maximum atomic E-state index is 10.6. The maximum absolute atomic E-state index is 10.6. The van der Waals surface area contributed by atoms with Crippen LogP contribution in [0.1, 0.15) is 44.5 Å². The van der Waals surface area contributed by atoms with Crippen LogP contribution in [-0.4, -0.2) is 29.1 Å². The summed E-state index contributed by atoms with van der Waals surface area (Å²) in [6.07, 6.45) is 1.77. The van der Waals surface area contributed by atoms with E-state index in [9.17, 15) is 42.1 Å². The molecule has 0 aliphatic rings. The molecule has 14 heteroatoms. The van der Waals surface area contributed by atoms with Gasteiger partial charge in [0.05, 0.1) is 132 Å². The summed E-state index contributed by atoms with van der Waals surface area (Å²) in [6, 6.07) is 100. The standard InChI is InChI=1S/C88H44N14/c89-45-53-20-28-67(63(37-53)49-93)59-24-32-78-73(41-59)74-42-60(68-29-21-54(46-90)38-64(68)50-94)25-33-79(74)101(78)82-18-9-15-71(77-17-7-8-36-97-77)84(82)85-72(88-99-86(57-11-3-1-4-12-57)98-87(100-88)58-13-5-2-6-14-58)16-10-19-83(85)102-80-34-26-61(69-30-22-55(47-91)39-65(69)51-95)43-75(80)76-44-62(27-35-81(76)102)70-31-23-56(48-92)40-66(70)52-96/h1-44H. The van der Waals surface area contributed by atoms with Crippen LogP contribution in [0, 0.1) is 90.6 Å². The SMILES string of the molecule is N#Cc1ccc(-c2ccc3c(c2)c2cc(-c4ccc(C#N)cc4C#N)ccc2n3-c2cccc(-c3ccccn3)c2-c2c(-c3nc(-c4ccccc4)nc(-c4ccccc4)n3)cccc2-n2c3ccc(-c4ccc(C#N)cc4C#N)cc3c3cc(-c4ccc(C#N)cc4C#N)ccc32)c(C#N)c1. The van der Waals surface area contributed by atoms with Crippen LogP contribution < -0.4 is 0 Å². The summed E-state index contributed by atoms with van der Waals surface area (Å²) in [5.74, 6) is 1.22. The maximum Gasteiger partial charge on any atom is 0.164 e. The summed E-state index contributed by atoms with van der Waals surface area (Å²) in [6.45, 7) is 0. The fraction of sp³-hybridized carbons (Fsp3) is 0. The topological polar surface area (TPSA) is 252 Å². The molecule has 14 nitrogen and oxygen atoms in total. The van der Waals surface area contributed by atoms with E-state index in [0.717, 1.165) is 82.6 Å². The summed E-state index contributed by atoms with van der Waals surface area (Å²) in [4.78, 5) is 21.3. The highest BCUT2D eigenvalue weighted by atomic mass is 15.0. The van der Waals surface area contributed by atoms with Gasteiger partial charge in [0.1, 0.15) is 0 Å². The van der Waals surface area contributed by atoms with Gasteiger partial charge >= 0.3 is 0 Å². The zero-order valence-corrected chi connectivity index (χ0v) is 53.7. The molecule has 16 aromatic rings. The number of aromatic nitrogens is 6. The highest BCUT2D eigenvalue weighted by Crippen LogP contribution is 2.50. The first kappa shape index (κ1) is 61.2. The molecule has 0 atom stereocenters. The third kappa shape index (κ3) is 10.5. The van der Waals surface area contributed by atoms with Crippen molar-refractivity contribution in [3.05, 3.63) is 312 Å². The second kappa shape index (κ2) is 25.5. The van der Waals surface area contributed by atoms with Crippen LogP contribution >= 0.6 is 0 Å². The number of rotatable bonds is 11. The second-order valence-corrected chi connectivity index (χ2v) is 24.2. The lowest BCUT2D eigenvalue weighted by atomic mass is 9.89. The number of nitriles is 8. The van der Waals surface area contributed by atoms with Gasteiger partial charge in [-0.15, -0.1) is 0 Å². The molecule has 16 rings (SSSR count). The average Bonchev–Trinajstić information content (AvgIpc) is 1.50. The normalized spacial score (nSPS) is 10.9. The molecule has 102 heavy (non-hydrogen) atoms. The van der Waals surface area contributed by atoms with Crippen LogP contribution in [0.3, 0.4) is 0 Å². The van der Waals surface area contributed by atoms with Crippen molar-refractivity contribution in [3.63, 3.8) is 0 Å². The number of pyridine rings is 1. The monoisotopic (exact) mass is 1300 g/mol. The molecule has 12 aromatic carbocycles. The summed E-state index contributed by atoms with van der Waals surface area (Å²) in [5.41, 5.74) is 17.4. The van der Waals surface area contributed by atoms with E-state index >= 15 is 0 Å². The van der Waals surface area contributed by atoms with Gasteiger partial charge in [0, 0.05) is 61.1 Å². The Labute approximate surface area is 584 Å². The zero-order valence-electron chi connectivity index (χ0n) is 53.7. The summed E-state index contributed by atoms with van der Waals surface area (Å²) >= 11 is 0. The summed E-state index contributed by atoms with van der Waals surface area (Å²) in [5, 5.41) is 85.5. The zero-order chi connectivity index (χ0) is 69.5. The van der Waals surface area contributed by atoms with E-state index in [1.165, 1.54) is 0 Å². The lowest BCUT2D eigenvalue weighted by Crippen LogP contribution is -2.07. The quantitative estimate of drug-likeness (QED) is 0.117. The van der Waals surface area contributed by atoms with Crippen molar-refractivity contribution in [2.24, 2.45) is 0 Å². The molecule has 4 aromatic heterocycles. The predicted octanol–water partition coefficient (Wildman–Crippen LogP) is 19.4. The van der Waals surface area contributed by atoms with Crippen molar-refractivity contribution < 1.29 is 0 Å². The van der Waals surface area contributed by atoms with E-state index in [-0.39, 0.29) is 0 Å². The number of hydrogen-bond acceptors (Lipinski definition) is 12. The van der Waals surface area contributed by atoms with Crippen LogP contribution in [0.5, 0.6) is 0 Å². The highest BCUT2D eigenvalue weighted by molar-refractivity contribution is 6.15. The van der Waals surface area contributed by atoms with Gasteiger partial charge in [0.2, 0.25) is 0 Å². The average molecular weight is 1300 g/mol. The van der Waals surface area contributed by atoms with E-state index in [2.05, 4.69) is 100 Å². The largest absolute Gasteiger partial charge is 0.309 e. The van der Waals surface area contributed by atoms with Gasteiger partial charge in [-0.05, 0) is 166 Å².